The maximum Gasteiger partial charge on any atom is 0.251 e. The number of hydrogen-bond donors (Lipinski definition) is 2. The molecule has 0 aliphatic rings. The average Bonchev–Trinajstić information content (AvgIpc) is 2.69. The van der Waals surface area contributed by atoms with Crippen LogP contribution in [0.15, 0.2) is 53.5 Å². The maximum atomic E-state index is 12.0. The van der Waals surface area contributed by atoms with Gasteiger partial charge in [0.25, 0.3) is 5.91 Å². The minimum atomic E-state index is -0.0583. The van der Waals surface area contributed by atoms with Gasteiger partial charge in [0.2, 0.25) is 0 Å². The molecule has 0 saturated heterocycles. The maximum absolute atomic E-state index is 12.0. The van der Waals surface area contributed by atoms with Gasteiger partial charge in [-0.1, -0.05) is 30.3 Å². The molecule has 0 bridgehead atoms. The summed E-state index contributed by atoms with van der Waals surface area (Å²) in [4.78, 5) is 18.4. The number of rotatable bonds is 7. The number of halogens is 1. The number of nitrogens with zero attached hydrogens (tertiary/aromatic N) is 2. The molecule has 2 rings (SSSR count). The summed E-state index contributed by atoms with van der Waals surface area (Å²) in [6, 6.07) is 15.5. The molecule has 2 aromatic rings. The molecule has 6 nitrogen and oxygen atoms in total. The lowest BCUT2D eigenvalue weighted by Crippen LogP contribution is -2.38. The standard InChI is InChI=1S/C21H28N4O2.HI/c1-5-23-20(26)17-11-8-9-16(13-17)14-24-21(22-2)25(3)15-18-10-6-7-12-19(18)27-4;/h6-13H,5,14-15H2,1-4H3,(H,22,24)(H,23,26);1H. The highest BCUT2D eigenvalue weighted by Crippen LogP contribution is 2.18. The first-order valence-electron chi connectivity index (χ1n) is 8.99. The first-order chi connectivity index (χ1) is 13.1. The first kappa shape index (κ1) is 23.7. The van der Waals surface area contributed by atoms with Gasteiger partial charge in [0.15, 0.2) is 5.96 Å². The summed E-state index contributed by atoms with van der Waals surface area (Å²) >= 11 is 0. The molecule has 2 aromatic carbocycles. The normalized spacial score (nSPS) is 10.6. The van der Waals surface area contributed by atoms with E-state index in [1.165, 1.54) is 0 Å². The number of benzene rings is 2. The lowest BCUT2D eigenvalue weighted by molar-refractivity contribution is 0.0955. The summed E-state index contributed by atoms with van der Waals surface area (Å²) in [5.74, 6) is 1.57. The molecule has 152 valence electrons. The first-order valence-corrected chi connectivity index (χ1v) is 8.99. The Hall–Kier alpha value is -2.29. The molecule has 0 saturated carbocycles. The predicted octanol–water partition coefficient (Wildman–Crippen LogP) is 3.27. The fourth-order valence-electron chi connectivity index (χ4n) is 2.81. The Labute approximate surface area is 184 Å². The van der Waals surface area contributed by atoms with Gasteiger partial charge in [-0.3, -0.25) is 9.79 Å². The predicted molar refractivity (Wildman–Crippen MR) is 125 cm³/mol. The molecule has 0 heterocycles. The Morgan fingerprint density at radius 2 is 1.89 bits per heavy atom. The topological polar surface area (TPSA) is 66.0 Å². The summed E-state index contributed by atoms with van der Waals surface area (Å²) in [5, 5.41) is 6.16. The highest BCUT2D eigenvalue weighted by atomic mass is 127. The molecule has 1 amide bonds. The molecule has 0 aliphatic carbocycles. The molecular formula is C21H29IN4O2. The molecule has 0 unspecified atom stereocenters. The van der Waals surface area contributed by atoms with Gasteiger partial charge in [0.05, 0.1) is 7.11 Å². The largest absolute Gasteiger partial charge is 0.496 e. The zero-order valence-corrected chi connectivity index (χ0v) is 19.2. The van der Waals surface area contributed by atoms with Gasteiger partial charge in [-0.25, -0.2) is 0 Å². The summed E-state index contributed by atoms with van der Waals surface area (Å²) in [6.07, 6.45) is 0. The molecule has 0 spiro atoms. The number of guanidine groups is 1. The number of carbonyl (C=O) groups is 1. The van der Waals surface area contributed by atoms with E-state index in [2.05, 4.69) is 15.6 Å². The monoisotopic (exact) mass is 496 g/mol. The number of nitrogens with one attached hydrogen (secondary N) is 2. The van der Waals surface area contributed by atoms with Crippen molar-refractivity contribution in [2.45, 2.75) is 20.0 Å². The zero-order valence-electron chi connectivity index (χ0n) is 16.9. The Balaban J connectivity index is 0.00000392. The molecule has 7 heteroatoms. The summed E-state index contributed by atoms with van der Waals surface area (Å²) < 4.78 is 5.42. The lowest BCUT2D eigenvalue weighted by Gasteiger charge is -2.23. The van der Waals surface area contributed by atoms with Crippen LogP contribution < -0.4 is 15.4 Å². The van der Waals surface area contributed by atoms with Crippen LogP contribution in [0.1, 0.15) is 28.4 Å². The average molecular weight is 496 g/mol. The molecule has 0 radical (unpaired) electrons. The summed E-state index contributed by atoms with van der Waals surface area (Å²) in [6.45, 7) is 3.77. The van der Waals surface area contributed by atoms with E-state index in [4.69, 9.17) is 4.74 Å². The van der Waals surface area contributed by atoms with Crippen LogP contribution in [0.4, 0.5) is 0 Å². The van der Waals surface area contributed by atoms with E-state index in [-0.39, 0.29) is 29.9 Å². The van der Waals surface area contributed by atoms with Crippen molar-refractivity contribution in [1.29, 1.82) is 0 Å². The fourth-order valence-corrected chi connectivity index (χ4v) is 2.81. The van der Waals surface area contributed by atoms with Crippen molar-refractivity contribution >= 4 is 35.8 Å². The smallest absolute Gasteiger partial charge is 0.251 e. The number of hydrogen-bond acceptors (Lipinski definition) is 3. The zero-order chi connectivity index (χ0) is 19.6. The van der Waals surface area contributed by atoms with Crippen molar-refractivity contribution in [3.05, 3.63) is 65.2 Å². The quantitative estimate of drug-likeness (QED) is 0.351. The second-order valence-electron chi connectivity index (χ2n) is 6.13. The number of aliphatic imine (C=N–C) groups is 1. The third-order valence-electron chi connectivity index (χ3n) is 4.15. The number of para-hydroxylation sites is 1. The number of amides is 1. The third kappa shape index (κ3) is 6.70. The van der Waals surface area contributed by atoms with Crippen LogP contribution in [0.3, 0.4) is 0 Å². The molecule has 0 aromatic heterocycles. The van der Waals surface area contributed by atoms with E-state index in [1.54, 1.807) is 14.2 Å². The van der Waals surface area contributed by atoms with E-state index >= 15 is 0 Å². The number of methoxy groups -OCH3 is 1. The summed E-state index contributed by atoms with van der Waals surface area (Å²) in [5.41, 5.74) is 2.77. The van der Waals surface area contributed by atoms with Crippen LogP contribution in [0, 0.1) is 0 Å². The van der Waals surface area contributed by atoms with Crippen molar-refractivity contribution < 1.29 is 9.53 Å². The second kappa shape index (κ2) is 12.2. The van der Waals surface area contributed by atoms with Crippen molar-refractivity contribution in [1.82, 2.24) is 15.5 Å². The number of ether oxygens (including phenoxy) is 1. The fraction of sp³-hybridized carbons (Fsp3) is 0.333. The van der Waals surface area contributed by atoms with Crippen LogP contribution in [-0.2, 0) is 13.1 Å². The van der Waals surface area contributed by atoms with E-state index in [0.29, 0.717) is 25.2 Å². The minimum absolute atomic E-state index is 0. The van der Waals surface area contributed by atoms with Crippen LogP contribution in [-0.4, -0.2) is 44.5 Å². The Morgan fingerprint density at radius 3 is 2.57 bits per heavy atom. The van der Waals surface area contributed by atoms with Gasteiger partial charge in [-0.15, -0.1) is 24.0 Å². The van der Waals surface area contributed by atoms with Crippen LogP contribution >= 0.6 is 24.0 Å². The van der Waals surface area contributed by atoms with Gasteiger partial charge >= 0.3 is 0 Å². The molecule has 0 aliphatic heterocycles. The van der Waals surface area contributed by atoms with Crippen LogP contribution in [0.5, 0.6) is 5.75 Å². The van der Waals surface area contributed by atoms with Crippen molar-refractivity contribution in [3.63, 3.8) is 0 Å². The Bertz CT molecular complexity index is 795. The third-order valence-corrected chi connectivity index (χ3v) is 4.15. The molecule has 28 heavy (non-hydrogen) atoms. The number of carbonyl (C=O) groups excluding carboxylic acids is 1. The molecular weight excluding hydrogens is 467 g/mol. The van der Waals surface area contributed by atoms with Crippen molar-refractivity contribution in [2.24, 2.45) is 4.99 Å². The van der Waals surface area contributed by atoms with Crippen molar-refractivity contribution in [2.75, 3.05) is 27.7 Å². The molecule has 0 atom stereocenters. The van der Waals surface area contributed by atoms with E-state index in [0.717, 1.165) is 22.8 Å². The van der Waals surface area contributed by atoms with Gasteiger partial charge in [-0.2, -0.15) is 0 Å². The van der Waals surface area contributed by atoms with E-state index in [9.17, 15) is 4.79 Å². The van der Waals surface area contributed by atoms with Gasteiger partial charge in [0.1, 0.15) is 5.75 Å². The van der Waals surface area contributed by atoms with Crippen molar-refractivity contribution in [3.8, 4) is 5.75 Å². The van der Waals surface area contributed by atoms with Crippen LogP contribution in [0.2, 0.25) is 0 Å². The van der Waals surface area contributed by atoms with Gasteiger partial charge < -0.3 is 20.3 Å². The van der Waals surface area contributed by atoms with Crippen LogP contribution in [0.25, 0.3) is 0 Å². The van der Waals surface area contributed by atoms with E-state index in [1.807, 2.05) is 67.4 Å². The summed E-state index contributed by atoms with van der Waals surface area (Å²) in [7, 11) is 5.41. The Morgan fingerprint density at radius 1 is 1.14 bits per heavy atom. The Kier molecular flexibility index (Phi) is 10.4. The molecule has 2 N–H and O–H groups in total. The lowest BCUT2D eigenvalue weighted by atomic mass is 10.1. The van der Waals surface area contributed by atoms with Gasteiger partial charge in [-0.05, 0) is 30.7 Å². The second-order valence-corrected chi connectivity index (χ2v) is 6.13. The molecule has 0 fully saturated rings. The van der Waals surface area contributed by atoms with E-state index < -0.39 is 0 Å². The minimum Gasteiger partial charge on any atom is -0.496 e. The SMILES string of the molecule is CCNC(=O)c1cccc(CNC(=NC)N(C)Cc2ccccc2OC)c1.I. The van der Waals surface area contributed by atoms with Gasteiger partial charge in [0, 0.05) is 44.9 Å². The highest BCUT2D eigenvalue weighted by molar-refractivity contribution is 14.0. The highest BCUT2D eigenvalue weighted by Gasteiger charge is 2.10.